The summed E-state index contributed by atoms with van der Waals surface area (Å²) in [5.74, 6) is 1.29. The van der Waals surface area contributed by atoms with Crippen molar-refractivity contribution in [2.75, 3.05) is 30.7 Å². The Labute approximate surface area is 229 Å². The van der Waals surface area contributed by atoms with Crippen LogP contribution in [-0.2, 0) is 16.8 Å². The molecule has 0 radical (unpaired) electrons. The SMILES string of the molecule is CC(C)(c1ccc(OCc2ccnc(N3C(=O)OC[C@H]3CF)n2)cc1)c1cc(Cl)c(OCCCl)c(C#N)c1. The largest absolute Gasteiger partial charge is 0.489 e. The summed E-state index contributed by atoms with van der Waals surface area (Å²) in [6.45, 7) is 3.63. The van der Waals surface area contributed by atoms with E-state index >= 15 is 0 Å². The molecule has 198 valence electrons. The van der Waals surface area contributed by atoms with Crippen molar-refractivity contribution >= 4 is 35.2 Å². The molecule has 1 saturated heterocycles. The first kappa shape index (κ1) is 27.4. The summed E-state index contributed by atoms with van der Waals surface area (Å²) in [5.41, 5.74) is 2.22. The van der Waals surface area contributed by atoms with Crippen molar-refractivity contribution in [3.8, 4) is 17.6 Å². The molecule has 0 N–H and O–H groups in total. The number of anilines is 1. The van der Waals surface area contributed by atoms with E-state index in [1.807, 2.05) is 38.1 Å². The van der Waals surface area contributed by atoms with E-state index in [1.54, 1.807) is 18.2 Å². The number of amides is 1. The molecule has 0 saturated carbocycles. The van der Waals surface area contributed by atoms with Gasteiger partial charge in [0.2, 0.25) is 5.95 Å². The third kappa shape index (κ3) is 5.77. The van der Waals surface area contributed by atoms with Crippen LogP contribution < -0.4 is 14.4 Å². The average Bonchev–Trinajstić information content (AvgIpc) is 3.31. The van der Waals surface area contributed by atoms with E-state index in [-0.39, 0.29) is 31.6 Å². The number of ether oxygens (including phenoxy) is 3. The third-order valence-electron chi connectivity index (χ3n) is 6.23. The zero-order chi connectivity index (χ0) is 27.3. The fourth-order valence-corrected chi connectivity index (χ4v) is 4.37. The van der Waals surface area contributed by atoms with E-state index in [9.17, 15) is 14.4 Å². The molecular formula is C27H25Cl2FN4O4. The number of aromatic nitrogens is 2. The van der Waals surface area contributed by atoms with Crippen molar-refractivity contribution in [2.24, 2.45) is 0 Å². The molecule has 1 atom stereocenters. The smallest absolute Gasteiger partial charge is 0.417 e. The molecule has 2 aromatic carbocycles. The highest BCUT2D eigenvalue weighted by Crippen LogP contribution is 2.38. The fraction of sp³-hybridized carbons (Fsp3) is 0.333. The van der Waals surface area contributed by atoms with Crippen LogP contribution in [0, 0.1) is 11.3 Å². The van der Waals surface area contributed by atoms with Crippen LogP contribution in [0.4, 0.5) is 15.1 Å². The molecular weight excluding hydrogens is 534 g/mol. The number of rotatable bonds is 10. The Bertz CT molecular complexity index is 1350. The first-order chi connectivity index (χ1) is 18.3. The van der Waals surface area contributed by atoms with E-state index in [2.05, 4.69) is 16.0 Å². The standard InChI is InChI=1S/C27H25Cl2FN4O4/c1-27(2,19-11-17(14-31)24(23(29)12-19)36-10-8-28)18-3-5-22(6-4-18)37-15-20-7-9-32-25(33-20)34-21(13-30)16-38-26(34)35/h3-7,9,11-12,21H,8,10,13,15-16H2,1-2H3/t21-/m1/s1. The molecule has 38 heavy (non-hydrogen) atoms. The van der Waals surface area contributed by atoms with Crippen LogP contribution in [-0.4, -0.2) is 47.9 Å². The van der Waals surface area contributed by atoms with Crippen LogP contribution in [0.15, 0.2) is 48.7 Å². The van der Waals surface area contributed by atoms with E-state index in [0.717, 1.165) is 16.0 Å². The van der Waals surface area contributed by atoms with Gasteiger partial charge in [-0.3, -0.25) is 0 Å². The van der Waals surface area contributed by atoms with Gasteiger partial charge in [0, 0.05) is 11.6 Å². The van der Waals surface area contributed by atoms with Crippen LogP contribution in [0.2, 0.25) is 5.02 Å². The minimum atomic E-state index is -0.755. The topological polar surface area (TPSA) is 97.6 Å². The predicted molar refractivity (Wildman–Crippen MR) is 141 cm³/mol. The van der Waals surface area contributed by atoms with Crippen LogP contribution >= 0.6 is 23.2 Å². The Morgan fingerprint density at radius 3 is 2.66 bits per heavy atom. The minimum Gasteiger partial charge on any atom is -0.489 e. The van der Waals surface area contributed by atoms with Crippen LogP contribution in [0.1, 0.15) is 36.2 Å². The first-order valence-corrected chi connectivity index (χ1v) is 12.7. The van der Waals surface area contributed by atoms with Crippen molar-refractivity contribution < 1.29 is 23.4 Å². The Morgan fingerprint density at radius 2 is 1.97 bits per heavy atom. The Balaban J connectivity index is 1.47. The zero-order valence-corrected chi connectivity index (χ0v) is 22.3. The van der Waals surface area contributed by atoms with Gasteiger partial charge < -0.3 is 14.2 Å². The lowest BCUT2D eigenvalue weighted by Crippen LogP contribution is -2.36. The molecule has 1 aliphatic rings. The Kier molecular flexibility index (Phi) is 8.55. The summed E-state index contributed by atoms with van der Waals surface area (Å²) in [6.07, 6.45) is 0.810. The van der Waals surface area contributed by atoms with Gasteiger partial charge in [0.15, 0.2) is 5.75 Å². The number of benzene rings is 2. The van der Waals surface area contributed by atoms with Gasteiger partial charge in [0.25, 0.3) is 0 Å². The van der Waals surface area contributed by atoms with Gasteiger partial charge in [-0.15, -0.1) is 11.6 Å². The highest BCUT2D eigenvalue weighted by Gasteiger charge is 2.36. The van der Waals surface area contributed by atoms with Gasteiger partial charge >= 0.3 is 6.09 Å². The predicted octanol–water partition coefficient (Wildman–Crippen LogP) is 5.82. The van der Waals surface area contributed by atoms with Gasteiger partial charge in [0.1, 0.15) is 44.4 Å². The van der Waals surface area contributed by atoms with Gasteiger partial charge in [-0.05, 0) is 41.5 Å². The van der Waals surface area contributed by atoms with E-state index in [1.165, 1.54) is 6.20 Å². The lowest BCUT2D eigenvalue weighted by molar-refractivity contribution is 0.177. The summed E-state index contributed by atoms with van der Waals surface area (Å²) in [5, 5.41) is 9.97. The number of cyclic esters (lactones) is 1. The molecule has 4 rings (SSSR count). The molecule has 0 bridgehead atoms. The summed E-state index contributed by atoms with van der Waals surface area (Å²) < 4.78 is 29.6. The molecule has 0 unspecified atom stereocenters. The van der Waals surface area contributed by atoms with Crippen LogP contribution in [0.25, 0.3) is 0 Å². The highest BCUT2D eigenvalue weighted by molar-refractivity contribution is 6.32. The Hall–Kier alpha value is -3.61. The number of nitriles is 1. The number of hydrogen-bond donors (Lipinski definition) is 0. The van der Waals surface area contributed by atoms with E-state index in [0.29, 0.717) is 27.8 Å². The molecule has 0 aliphatic carbocycles. The number of carbonyl (C=O) groups is 1. The monoisotopic (exact) mass is 558 g/mol. The molecule has 1 fully saturated rings. The van der Waals surface area contributed by atoms with Gasteiger partial charge in [-0.2, -0.15) is 5.26 Å². The second-order valence-electron chi connectivity index (χ2n) is 9.03. The third-order valence-corrected chi connectivity index (χ3v) is 6.66. The van der Waals surface area contributed by atoms with Crippen molar-refractivity contribution in [2.45, 2.75) is 31.9 Å². The number of alkyl halides is 2. The van der Waals surface area contributed by atoms with E-state index < -0.39 is 24.2 Å². The molecule has 8 nitrogen and oxygen atoms in total. The Morgan fingerprint density at radius 1 is 1.21 bits per heavy atom. The van der Waals surface area contributed by atoms with Crippen molar-refractivity contribution in [1.29, 1.82) is 5.26 Å². The van der Waals surface area contributed by atoms with E-state index in [4.69, 9.17) is 37.4 Å². The van der Waals surface area contributed by atoms with Gasteiger partial charge in [0.05, 0.1) is 22.2 Å². The normalized spacial score (nSPS) is 15.2. The maximum absolute atomic E-state index is 13.2. The highest BCUT2D eigenvalue weighted by atomic mass is 35.5. The quantitative estimate of drug-likeness (QED) is 0.289. The molecule has 3 aromatic rings. The van der Waals surface area contributed by atoms with Crippen LogP contribution in [0.3, 0.4) is 0 Å². The molecule has 1 amide bonds. The summed E-state index contributed by atoms with van der Waals surface area (Å²) in [7, 11) is 0. The number of carbonyl (C=O) groups excluding carboxylic acids is 1. The van der Waals surface area contributed by atoms with Gasteiger partial charge in [-0.1, -0.05) is 37.6 Å². The van der Waals surface area contributed by atoms with Crippen LogP contribution in [0.5, 0.6) is 11.5 Å². The summed E-state index contributed by atoms with van der Waals surface area (Å²) in [6, 6.07) is 14.2. The number of hydrogen-bond acceptors (Lipinski definition) is 7. The maximum Gasteiger partial charge on any atom is 0.417 e. The molecule has 0 spiro atoms. The molecule has 1 aliphatic heterocycles. The van der Waals surface area contributed by atoms with Gasteiger partial charge in [-0.25, -0.2) is 24.1 Å². The minimum absolute atomic E-state index is 0.0436. The van der Waals surface area contributed by atoms with Crippen molar-refractivity contribution in [3.63, 3.8) is 0 Å². The molecule has 2 heterocycles. The summed E-state index contributed by atoms with van der Waals surface area (Å²) in [4.78, 5) is 21.5. The fourth-order valence-electron chi connectivity index (χ4n) is 4.02. The number of halogens is 3. The second-order valence-corrected chi connectivity index (χ2v) is 9.81. The number of nitrogens with zero attached hydrogens (tertiary/aromatic N) is 4. The van der Waals surface area contributed by atoms with Crippen molar-refractivity contribution in [3.05, 3.63) is 76.1 Å². The lowest BCUT2D eigenvalue weighted by atomic mass is 9.77. The maximum atomic E-state index is 13.2. The molecule has 11 heteroatoms. The second kappa shape index (κ2) is 11.8. The zero-order valence-electron chi connectivity index (χ0n) is 20.8. The molecule has 1 aromatic heterocycles. The average molecular weight is 559 g/mol. The first-order valence-electron chi connectivity index (χ1n) is 11.8. The van der Waals surface area contributed by atoms with Crippen molar-refractivity contribution in [1.82, 2.24) is 9.97 Å². The summed E-state index contributed by atoms with van der Waals surface area (Å²) >= 11 is 12.2. The lowest BCUT2D eigenvalue weighted by Gasteiger charge is -2.27.